The fraction of sp³-hybridized carbons (Fsp3) is 0.0833. The Balaban J connectivity index is 2.38. The van der Waals surface area contributed by atoms with E-state index in [1.54, 1.807) is 24.3 Å². The number of nitriles is 1. The van der Waals surface area contributed by atoms with E-state index < -0.39 is 5.82 Å². The van der Waals surface area contributed by atoms with Gasteiger partial charge in [-0.05, 0) is 12.1 Å². The highest BCUT2D eigenvalue weighted by Crippen LogP contribution is 2.27. The molecule has 90 valence electrons. The summed E-state index contributed by atoms with van der Waals surface area (Å²) in [5, 5.41) is 8.89. The average Bonchev–Trinajstić information content (AvgIpc) is 2.42. The molecule has 2 aromatic rings. The number of benzene rings is 1. The van der Waals surface area contributed by atoms with Crippen LogP contribution in [0.3, 0.4) is 0 Å². The fourth-order valence-electron chi connectivity index (χ4n) is 1.30. The highest BCUT2D eigenvalue weighted by atomic mass is 19.1. The monoisotopic (exact) mass is 245 g/mol. The molecule has 1 aromatic heterocycles. The lowest BCUT2D eigenvalue weighted by Gasteiger charge is -2.07. The van der Waals surface area contributed by atoms with Crippen LogP contribution in [0.4, 0.5) is 4.39 Å². The van der Waals surface area contributed by atoms with Crippen molar-refractivity contribution in [2.75, 3.05) is 7.11 Å². The van der Waals surface area contributed by atoms with Crippen molar-refractivity contribution in [3.63, 3.8) is 0 Å². The van der Waals surface area contributed by atoms with Gasteiger partial charge in [0.25, 0.3) is 11.8 Å². The normalized spacial score (nSPS) is 9.61. The maximum Gasteiger partial charge on any atom is 0.263 e. The molecular formula is C12H8FN3O2. The van der Waals surface area contributed by atoms with E-state index in [9.17, 15) is 4.39 Å². The first-order valence-electron chi connectivity index (χ1n) is 4.97. The van der Waals surface area contributed by atoms with E-state index >= 15 is 0 Å². The van der Waals surface area contributed by atoms with Crippen molar-refractivity contribution in [3.05, 3.63) is 42.0 Å². The molecule has 0 aliphatic carbocycles. The number of rotatable bonds is 3. The third kappa shape index (κ3) is 2.20. The first kappa shape index (κ1) is 11.8. The molecule has 0 aliphatic heterocycles. The second-order valence-electron chi connectivity index (χ2n) is 3.21. The smallest absolute Gasteiger partial charge is 0.263 e. The third-order valence-corrected chi connectivity index (χ3v) is 2.13. The largest absolute Gasteiger partial charge is 0.479 e. The Labute approximate surface area is 102 Å². The number of methoxy groups -OCH3 is 1. The van der Waals surface area contributed by atoms with Gasteiger partial charge < -0.3 is 9.47 Å². The Kier molecular flexibility index (Phi) is 3.34. The van der Waals surface area contributed by atoms with Crippen LogP contribution in [0.1, 0.15) is 5.56 Å². The van der Waals surface area contributed by atoms with E-state index in [0.29, 0.717) is 0 Å². The molecule has 6 heteroatoms. The standard InChI is InChI=1S/C12H8FN3O2/c1-17-11-10(13)12(16-7-15-11)18-9-5-3-2-4-8(9)6-14/h2-5,7H,1H3. The SMILES string of the molecule is COc1ncnc(Oc2ccccc2C#N)c1F. The molecule has 0 spiro atoms. The van der Waals surface area contributed by atoms with Crippen molar-refractivity contribution in [2.45, 2.75) is 0 Å². The fourth-order valence-corrected chi connectivity index (χ4v) is 1.30. The Morgan fingerprint density at radius 2 is 1.94 bits per heavy atom. The number of aromatic nitrogens is 2. The molecule has 0 aliphatic rings. The summed E-state index contributed by atoms with van der Waals surface area (Å²) in [6, 6.07) is 8.41. The van der Waals surface area contributed by atoms with Crippen LogP contribution in [0, 0.1) is 17.1 Å². The van der Waals surface area contributed by atoms with Crippen LogP contribution >= 0.6 is 0 Å². The van der Waals surface area contributed by atoms with Gasteiger partial charge in [0, 0.05) is 0 Å². The summed E-state index contributed by atoms with van der Waals surface area (Å²) >= 11 is 0. The average molecular weight is 245 g/mol. The van der Waals surface area contributed by atoms with E-state index in [1.807, 2.05) is 6.07 Å². The molecular weight excluding hydrogens is 237 g/mol. The van der Waals surface area contributed by atoms with Crippen molar-refractivity contribution in [1.82, 2.24) is 9.97 Å². The van der Waals surface area contributed by atoms with Crippen molar-refractivity contribution in [2.24, 2.45) is 0 Å². The highest BCUT2D eigenvalue weighted by Gasteiger charge is 2.14. The minimum Gasteiger partial charge on any atom is -0.479 e. The van der Waals surface area contributed by atoms with Gasteiger partial charge in [0.15, 0.2) is 0 Å². The van der Waals surface area contributed by atoms with Crippen LogP contribution in [-0.4, -0.2) is 17.1 Å². The van der Waals surface area contributed by atoms with Crippen LogP contribution in [-0.2, 0) is 0 Å². The van der Waals surface area contributed by atoms with E-state index in [0.717, 1.165) is 6.33 Å². The molecule has 0 amide bonds. The number of ether oxygens (including phenoxy) is 2. The van der Waals surface area contributed by atoms with Gasteiger partial charge in [-0.3, -0.25) is 0 Å². The Morgan fingerprint density at radius 1 is 1.22 bits per heavy atom. The van der Waals surface area contributed by atoms with Crippen molar-refractivity contribution < 1.29 is 13.9 Å². The maximum absolute atomic E-state index is 13.7. The Hall–Kier alpha value is -2.68. The molecule has 0 atom stereocenters. The summed E-state index contributed by atoms with van der Waals surface area (Å²) in [7, 11) is 1.29. The molecule has 0 N–H and O–H groups in total. The maximum atomic E-state index is 13.7. The van der Waals surface area contributed by atoms with Gasteiger partial charge in [-0.15, -0.1) is 0 Å². The minimum absolute atomic E-state index is 0.213. The molecule has 2 rings (SSSR count). The van der Waals surface area contributed by atoms with Gasteiger partial charge in [0.2, 0.25) is 5.82 Å². The van der Waals surface area contributed by atoms with Crippen LogP contribution in [0.5, 0.6) is 17.5 Å². The minimum atomic E-state index is -0.812. The van der Waals surface area contributed by atoms with Crippen LogP contribution < -0.4 is 9.47 Å². The Bertz CT molecular complexity index is 611. The van der Waals surface area contributed by atoms with Crippen molar-refractivity contribution >= 4 is 0 Å². The summed E-state index contributed by atoms with van der Waals surface area (Å²) in [6.07, 6.45) is 1.12. The van der Waals surface area contributed by atoms with Gasteiger partial charge in [-0.25, -0.2) is 0 Å². The quantitative estimate of drug-likeness (QED) is 0.829. The second kappa shape index (κ2) is 5.10. The third-order valence-electron chi connectivity index (χ3n) is 2.13. The first-order valence-corrected chi connectivity index (χ1v) is 4.97. The molecule has 1 aromatic carbocycles. The number of para-hydroxylation sites is 1. The summed E-state index contributed by atoms with van der Waals surface area (Å²) in [4.78, 5) is 7.25. The molecule has 0 radical (unpaired) electrons. The molecule has 0 saturated carbocycles. The van der Waals surface area contributed by atoms with Gasteiger partial charge >= 0.3 is 0 Å². The molecule has 18 heavy (non-hydrogen) atoms. The lowest BCUT2D eigenvalue weighted by Crippen LogP contribution is -1.98. The predicted octanol–water partition coefficient (Wildman–Crippen LogP) is 2.29. The zero-order valence-corrected chi connectivity index (χ0v) is 9.42. The van der Waals surface area contributed by atoms with Gasteiger partial charge in [0.05, 0.1) is 12.7 Å². The summed E-state index contributed by atoms with van der Waals surface area (Å²) < 4.78 is 23.7. The molecule has 1 heterocycles. The summed E-state index contributed by atoms with van der Waals surface area (Å²) in [6.45, 7) is 0. The van der Waals surface area contributed by atoms with E-state index in [4.69, 9.17) is 14.7 Å². The van der Waals surface area contributed by atoms with Crippen LogP contribution in [0.15, 0.2) is 30.6 Å². The molecule has 0 bridgehead atoms. The predicted molar refractivity (Wildman–Crippen MR) is 59.8 cm³/mol. The van der Waals surface area contributed by atoms with E-state index in [1.165, 1.54) is 7.11 Å². The summed E-state index contributed by atoms with van der Waals surface area (Å²) in [5.41, 5.74) is 0.287. The van der Waals surface area contributed by atoms with Gasteiger partial charge in [0.1, 0.15) is 18.1 Å². The molecule has 0 unspecified atom stereocenters. The zero-order chi connectivity index (χ0) is 13.0. The number of halogens is 1. The zero-order valence-electron chi connectivity index (χ0n) is 9.42. The summed E-state index contributed by atoms with van der Waals surface area (Å²) in [5.74, 6) is -1.09. The van der Waals surface area contributed by atoms with E-state index in [-0.39, 0.29) is 23.1 Å². The molecule has 0 saturated heterocycles. The second-order valence-corrected chi connectivity index (χ2v) is 3.21. The first-order chi connectivity index (χ1) is 8.76. The lowest BCUT2D eigenvalue weighted by molar-refractivity contribution is 0.344. The van der Waals surface area contributed by atoms with Crippen LogP contribution in [0.25, 0.3) is 0 Å². The molecule has 0 fully saturated rings. The van der Waals surface area contributed by atoms with Gasteiger partial charge in [-0.2, -0.15) is 19.6 Å². The highest BCUT2D eigenvalue weighted by molar-refractivity contribution is 5.44. The Morgan fingerprint density at radius 3 is 2.67 bits per heavy atom. The number of hydrogen-bond donors (Lipinski definition) is 0. The van der Waals surface area contributed by atoms with Crippen LogP contribution in [0.2, 0.25) is 0 Å². The van der Waals surface area contributed by atoms with Crippen molar-refractivity contribution in [3.8, 4) is 23.6 Å². The lowest BCUT2D eigenvalue weighted by atomic mass is 10.2. The van der Waals surface area contributed by atoms with Gasteiger partial charge in [-0.1, -0.05) is 12.1 Å². The molecule has 5 nitrogen and oxygen atoms in total. The number of hydrogen-bond acceptors (Lipinski definition) is 5. The van der Waals surface area contributed by atoms with Crippen molar-refractivity contribution in [1.29, 1.82) is 5.26 Å². The van der Waals surface area contributed by atoms with E-state index in [2.05, 4.69) is 9.97 Å². The number of nitrogens with zero attached hydrogens (tertiary/aromatic N) is 3. The topological polar surface area (TPSA) is 68.0 Å².